The second-order valence-corrected chi connectivity index (χ2v) is 6.55. The van der Waals surface area contributed by atoms with Crippen LogP contribution < -0.4 is 0 Å². The van der Waals surface area contributed by atoms with Crippen molar-refractivity contribution in [1.29, 1.82) is 0 Å². The van der Waals surface area contributed by atoms with Gasteiger partial charge in [0.15, 0.2) is 5.16 Å². The first-order valence-corrected chi connectivity index (χ1v) is 7.93. The van der Waals surface area contributed by atoms with Crippen molar-refractivity contribution < 1.29 is 14.3 Å². The molecule has 1 aliphatic heterocycles. The van der Waals surface area contributed by atoms with E-state index < -0.39 is 5.60 Å². The molecule has 0 aromatic carbocycles. The van der Waals surface area contributed by atoms with Crippen LogP contribution >= 0.6 is 11.8 Å². The highest BCUT2D eigenvalue weighted by Crippen LogP contribution is 2.22. The molecule has 1 amide bonds. The molecule has 0 fully saturated rings. The van der Waals surface area contributed by atoms with Gasteiger partial charge in [-0.2, -0.15) is 0 Å². The lowest BCUT2D eigenvalue weighted by atomic mass is 10.2. The topological polar surface area (TPSA) is 72.4 Å². The summed E-state index contributed by atoms with van der Waals surface area (Å²) >= 11 is 1.44. The molecule has 6 nitrogen and oxygen atoms in total. The SMILES string of the molecule is CSc1ncc2c(n1)CN(CCC(=O)OC(C)(C)C)C2=O. The first-order valence-electron chi connectivity index (χ1n) is 6.71. The number of esters is 1. The largest absolute Gasteiger partial charge is 0.460 e. The van der Waals surface area contributed by atoms with Gasteiger partial charge in [-0.05, 0) is 27.0 Å². The highest BCUT2D eigenvalue weighted by molar-refractivity contribution is 7.98. The molecule has 0 saturated heterocycles. The van der Waals surface area contributed by atoms with Crippen LogP contribution in [0.15, 0.2) is 11.4 Å². The standard InChI is InChI=1S/C14H19N3O3S/c1-14(2,3)20-11(18)5-6-17-8-10-9(12(17)19)7-15-13(16-10)21-4/h7H,5-6,8H2,1-4H3. The van der Waals surface area contributed by atoms with Crippen LogP contribution in [-0.2, 0) is 16.1 Å². The van der Waals surface area contributed by atoms with Crippen LogP contribution in [-0.4, -0.2) is 45.1 Å². The number of amides is 1. The summed E-state index contributed by atoms with van der Waals surface area (Å²) in [5, 5.41) is 0.649. The lowest BCUT2D eigenvalue weighted by Crippen LogP contribution is -2.30. The van der Waals surface area contributed by atoms with Crippen molar-refractivity contribution >= 4 is 23.6 Å². The number of hydrogen-bond acceptors (Lipinski definition) is 6. The van der Waals surface area contributed by atoms with Gasteiger partial charge in [0.1, 0.15) is 5.60 Å². The molecule has 1 aromatic rings. The number of carbonyl (C=O) groups is 2. The lowest BCUT2D eigenvalue weighted by Gasteiger charge is -2.21. The van der Waals surface area contributed by atoms with Crippen molar-refractivity contribution in [3.8, 4) is 0 Å². The maximum atomic E-state index is 12.2. The van der Waals surface area contributed by atoms with E-state index >= 15 is 0 Å². The molecule has 21 heavy (non-hydrogen) atoms. The third-order valence-electron chi connectivity index (χ3n) is 2.89. The average Bonchev–Trinajstić information content (AvgIpc) is 2.70. The van der Waals surface area contributed by atoms with Crippen LogP contribution in [0.1, 0.15) is 43.2 Å². The van der Waals surface area contributed by atoms with E-state index in [2.05, 4.69) is 9.97 Å². The number of rotatable bonds is 4. The van der Waals surface area contributed by atoms with Crippen molar-refractivity contribution in [2.24, 2.45) is 0 Å². The zero-order valence-corrected chi connectivity index (χ0v) is 13.5. The number of thioether (sulfide) groups is 1. The second kappa shape index (κ2) is 6.01. The predicted molar refractivity (Wildman–Crippen MR) is 79.0 cm³/mol. The number of hydrogen-bond donors (Lipinski definition) is 0. The van der Waals surface area contributed by atoms with E-state index in [9.17, 15) is 9.59 Å². The molecule has 114 valence electrons. The Morgan fingerprint density at radius 1 is 1.48 bits per heavy atom. The third-order valence-corrected chi connectivity index (χ3v) is 3.45. The predicted octanol–water partition coefficient (Wildman–Crippen LogP) is 1.89. The zero-order valence-electron chi connectivity index (χ0n) is 12.7. The minimum absolute atomic E-state index is 0.124. The van der Waals surface area contributed by atoms with Gasteiger partial charge in [0.25, 0.3) is 5.91 Å². The highest BCUT2D eigenvalue weighted by Gasteiger charge is 2.30. The average molecular weight is 309 g/mol. The van der Waals surface area contributed by atoms with Gasteiger partial charge in [0, 0.05) is 12.7 Å². The van der Waals surface area contributed by atoms with Crippen LogP contribution in [0.4, 0.5) is 0 Å². The van der Waals surface area contributed by atoms with Crippen LogP contribution in [0.25, 0.3) is 0 Å². The van der Waals surface area contributed by atoms with E-state index in [4.69, 9.17) is 4.74 Å². The Kier molecular flexibility index (Phi) is 4.51. The molecule has 0 unspecified atom stereocenters. The summed E-state index contributed by atoms with van der Waals surface area (Å²) in [6.45, 7) is 6.22. The summed E-state index contributed by atoms with van der Waals surface area (Å²) < 4.78 is 5.24. The number of fused-ring (bicyclic) bond motifs is 1. The number of aromatic nitrogens is 2. The first kappa shape index (κ1) is 15.8. The summed E-state index contributed by atoms with van der Waals surface area (Å²) in [6, 6.07) is 0. The number of ether oxygens (including phenoxy) is 1. The summed E-state index contributed by atoms with van der Waals surface area (Å²) in [5.41, 5.74) is 0.744. The fourth-order valence-corrected chi connectivity index (χ4v) is 2.38. The molecular formula is C14H19N3O3S. The smallest absolute Gasteiger partial charge is 0.308 e. The Labute approximate surface area is 128 Å². The molecule has 0 atom stereocenters. The van der Waals surface area contributed by atoms with Crippen molar-refractivity contribution in [2.45, 2.75) is 44.5 Å². The molecule has 1 aliphatic rings. The lowest BCUT2D eigenvalue weighted by molar-refractivity contribution is -0.155. The molecule has 0 N–H and O–H groups in total. The number of carbonyl (C=O) groups excluding carboxylic acids is 2. The molecule has 0 aliphatic carbocycles. The Morgan fingerprint density at radius 2 is 2.19 bits per heavy atom. The fraction of sp³-hybridized carbons (Fsp3) is 0.571. The Balaban J connectivity index is 1.95. The molecular weight excluding hydrogens is 290 g/mol. The van der Waals surface area contributed by atoms with Crippen LogP contribution in [0, 0.1) is 0 Å². The second-order valence-electron chi connectivity index (χ2n) is 5.78. The van der Waals surface area contributed by atoms with E-state index in [0.717, 1.165) is 5.69 Å². The molecule has 2 heterocycles. The van der Waals surface area contributed by atoms with E-state index in [1.807, 2.05) is 27.0 Å². The molecule has 2 rings (SSSR count). The maximum absolute atomic E-state index is 12.2. The Bertz CT molecular complexity index is 569. The molecule has 7 heteroatoms. The zero-order chi connectivity index (χ0) is 15.6. The highest BCUT2D eigenvalue weighted by atomic mass is 32.2. The van der Waals surface area contributed by atoms with E-state index in [-0.39, 0.29) is 18.3 Å². The van der Waals surface area contributed by atoms with Gasteiger partial charge < -0.3 is 9.64 Å². The monoisotopic (exact) mass is 309 g/mol. The molecule has 0 bridgehead atoms. The minimum atomic E-state index is -0.506. The molecule has 0 radical (unpaired) electrons. The van der Waals surface area contributed by atoms with Crippen LogP contribution in [0.2, 0.25) is 0 Å². The Morgan fingerprint density at radius 3 is 2.81 bits per heavy atom. The van der Waals surface area contributed by atoms with Crippen molar-refractivity contribution in [3.05, 3.63) is 17.5 Å². The van der Waals surface area contributed by atoms with Crippen LogP contribution in [0.3, 0.4) is 0 Å². The normalized spacial score (nSPS) is 14.3. The summed E-state index contributed by atoms with van der Waals surface area (Å²) in [6.07, 6.45) is 3.63. The van der Waals surface area contributed by atoms with Gasteiger partial charge in [-0.1, -0.05) is 11.8 Å². The minimum Gasteiger partial charge on any atom is -0.460 e. The number of nitrogens with zero attached hydrogens (tertiary/aromatic N) is 3. The van der Waals surface area contributed by atoms with E-state index in [1.54, 1.807) is 11.1 Å². The van der Waals surface area contributed by atoms with Gasteiger partial charge in [0.2, 0.25) is 0 Å². The van der Waals surface area contributed by atoms with Gasteiger partial charge in [-0.25, -0.2) is 9.97 Å². The summed E-state index contributed by atoms with van der Waals surface area (Å²) in [7, 11) is 0. The van der Waals surface area contributed by atoms with E-state index in [0.29, 0.717) is 23.8 Å². The van der Waals surface area contributed by atoms with Crippen molar-refractivity contribution in [3.63, 3.8) is 0 Å². The van der Waals surface area contributed by atoms with Gasteiger partial charge in [-0.15, -0.1) is 0 Å². The first-order chi connectivity index (χ1) is 9.80. The van der Waals surface area contributed by atoms with E-state index in [1.165, 1.54) is 11.8 Å². The van der Waals surface area contributed by atoms with Crippen LogP contribution in [0.5, 0.6) is 0 Å². The summed E-state index contributed by atoms with van der Waals surface area (Å²) in [5.74, 6) is -0.427. The summed E-state index contributed by atoms with van der Waals surface area (Å²) in [4.78, 5) is 33.9. The van der Waals surface area contributed by atoms with Gasteiger partial charge >= 0.3 is 5.97 Å². The van der Waals surface area contributed by atoms with Gasteiger partial charge in [-0.3, -0.25) is 9.59 Å². The van der Waals surface area contributed by atoms with Crippen molar-refractivity contribution in [1.82, 2.24) is 14.9 Å². The molecule has 1 aromatic heterocycles. The quantitative estimate of drug-likeness (QED) is 0.480. The fourth-order valence-electron chi connectivity index (χ4n) is 2.02. The van der Waals surface area contributed by atoms with Gasteiger partial charge in [0.05, 0.1) is 24.2 Å². The molecule has 0 spiro atoms. The Hall–Kier alpha value is -1.63. The molecule has 0 saturated carbocycles. The van der Waals surface area contributed by atoms with Crippen molar-refractivity contribution in [2.75, 3.05) is 12.8 Å². The third kappa shape index (κ3) is 3.93. The maximum Gasteiger partial charge on any atom is 0.308 e.